The van der Waals surface area contributed by atoms with Crippen molar-refractivity contribution in [1.82, 2.24) is 0 Å². The SMILES string of the molecule is COCOc1ccc(C(=O)/C=C/c2cc(OCOC)ccc2OCOC)c(O)c1. The van der Waals surface area contributed by atoms with Crippen molar-refractivity contribution < 1.29 is 38.3 Å². The first-order valence-corrected chi connectivity index (χ1v) is 8.63. The van der Waals surface area contributed by atoms with Crippen molar-refractivity contribution in [2.24, 2.45) is 0 Å². The summed E-state index contributed by atoms with van der Waals surface area (Å²) in [5.41, 5.74) is 0.737. The van der Waals surface area contributed by atoms with E-state index in [1.165, 1.54) is 39.5 Å². The van der Waals surface area contributed by atoms with Crippen LogP contribution in [-0.2, 0) is 14.2 Å². The average molecular weight is 404 g/mol. The number of hydrogen-bond donors (Lipinski definition) is 1. The van der Waals surface area contributed by atoms with Crippen LogP contribution >= 0.6 is 0 Å². The first-order chi connectivity index (χ1) is 14.1. The van der Waals surface area contributed by atoms with Crippen LogP contribution in [0.2, 0.25) is 0 Å². The summed E-state index contributed by atoms with van der Waals surface area (Å²) in [6.07, 6.45) is 2.90. The number of carbonyl (C=O) groups excluding carboxylic acids is 1. The molecule has 8 nitrogen and oxygen atoms in total. The normalized spacial score (nSPS) is 10.9. The number of allylic oxidation sites excluding steroid dienone is 1. The van der Waals surface area contributed by atoms with Gasteiger partial charge in [0.2, 0.25) is 0 Å². The lowest BCUT2D eigenvalue weighted by atomic mass is 10.1. The van der Waals surface area contributed by atoms with Crippen LogP contribution in [0, 0.1) is 0 Å². The molecule has 0 aliphatic carbocycles. The van der Waals surface area contributed by atoms with Crippen molar-refractivity contribution in [2.75, 3.05) is 41.7 Å². The number of phenolic OH excluding ortho intramolecular Hbond substituents is 1. The molecule has 0 aliphatic rings. The zero-order chi connectivity index (χ0) is 21.1. The number of ketones is 1. The van der Waals surface area contributed by atoms with Gasteiger partial charge in [-0.15, -0.1) is 0 Å². The Morgan fingerprint density at radius 1 is 0.862 bits per heavy atom. The minimum atomic E-state index is -0.387. The Balaban J connectivity index is 2.20. The molecule has 0 saturated heterocycles. The second kappa shape index (κ2) is 11.7. The first-order valence-electron chi connectivity index (χ1n) is 8.63. The van der Waals surface area contributed by atoms with Crippen LogP contribution < -0.4 is 14.2 Å². The Morgan fingerprint density at radius 2 is 1.45 bits per heavy atom. The Bertz CT molecular complexity index is 831. The molecule has 0 saturated carbocycles. The molecule has 1 N–H and O–H groups in total. The van der Waals surface area contributed by atoms with E-state index in [2.05, 4.69) is 0 Å². The molecule has 29 heavy (non-hydrogen) atoms. The van der Waals surface area contributed by atoms with Crippen LogP contribution in [0.3, 0.4) is 0 Å². The number of carbonyl (C=O) groups is 1. The third-order valence-electron chi connectivity index (χ3n) is 3.65. The number of methoxy groups -OCH3 is 3. The van der Waals surface area contributed by atoms with Gasteiger partial charge < -0.3 is 33.5 Å². The Morgan fingerprint density at radius 3 is 2.07 bits per heavy atom. The molecule has 2 aromatic rings. The number of benzene rings is 2. The van der Waals surface area contributed by atoms with Crippen LogP contribution in [0.25, 0.3) is 6.08 Å². The predicted octanol–water partition coefficient (Wildman–Crippen LogP) is 3.24. The maximum Gasteiger partial charge on any atom is 0.189 e. The smallest absolute Gasteiger partial charge is 0.189 e. The zero-order valence-corrected chi connectivity index (χ0v) is 16.5. The molecule has 156 valence electrons. The van der Waals surface area contributed by atoms with Crippen LogP contribution in [0.5, 0.6) is 23.0 Å². The molecule has 2 rings (SSSR count). The van der Waals surface area contributed by atoms with Gasteiger partial charge >= 0.3 is 0 Å². The monoisotopic (exact) mass is 404 g/mol. The summed E-state index contributed by atoms with van der Waals surface area (Å²) >= 11 is 0. The molecular weight excluding hydrogens is 380 g/mol. The maximum atomic E-state index is 12.5. The van der Waals surface area contributed by atoms with Crippen LogP contribution in [0.15, 0.2) is 42.5 Å². The number of hydrogen-bond acceptors (Lipinski definition) is 8. The van der Waals surface area contributed by atoms with Crippen molar-refractivity contribution in [2.45, 2.75) is 0 Å². The lowest BCUT2D eigenvalue weighted by Gasteiger charge is -2.11. The highest BCUT2D eigenvalue weighted by molar-refractivity contribution is 6.08. The van der Waals surface area contributed by atoms with Gasteiger partial charge in [0.15, 0.2) is 26.2 Å². The molecule has 2 aromatic carbocycles. The van der Waals surface area contributed by atoms with Gasteiger partial charge in [0.05, 0.1) is 5.56 Å². The molecule has 0 radical (unpaired) electrons. The first kappa shape index (κ1) is 22.2. The van der Waals surface area contributed by atoms with Crippen molar-refractivity contribution in [3.05, 3.63) is 53.6 Å². The molecule has 8 heteroatoms. The van der Waals surface area contributed by atoms with E-state index < -0.39 is 0 Å². The fourth-order valence-electron chi connectivity index (χ4n) is 2.32. The fourth-order valence-corrected chi connectivity index (χ4v) is 2.32. The van der Waals surface area contributed by atoms with Gasteiger partial charge in [-0.1, -0.05) is 0 Å². The van der Waals surface area contributed by atoms with Gasteiger partial charge in [0.1, 0.15) is 23.0 Å². The number of ether oxygens (including phenoxy) is 6. The van der Waals surface area contributed by atoms with Gasteiger partial charge in [-0.2, -0.15) is 0 Å². The van der Waals surface area contributed by atoms with E-state index in [4.69, 9.17) is 28.4 Å². The summed E-state index contributed by atoms with van der Waals surface area (Å²) in [4.78, 5) is 12.5. The lowest BCUT2D eigenvalue weighted by Crippen LogP contribution is -2.02. The highest BCUT2D eigenvalue weighted by Gasteiger charge is 2.11. The number of phenols is 1. The summed E-state index contributed by atoms with van der Waals surface area (Å²) < 4.78 is 30.8. The number of rotatable bonds is 12. The highest BCUT2D eigenvalue weighted by atomic mass is 16.7. The largest absolute Gasteiger partial charge is 0.507 e. The third kappa shape index (κ3) is 6.79. The van der Waals surface area contributed by atoms with E-state index >= 15 is 0 Å². The summed E-state index contributed by atoms with van der Waals surface area (Å²) in [7, 11) is 4.52. The molecule has 0 aromatic heterocycles. The molecule has 0 spiro atoms. The van der Waals surface area contributed by atoms with Crippen molar-refractivity contribution in [1.29, 1.82) is 0 Å². The molecule has 0 heterocycles. The lowest BCUT2D eigenvalue weighted by molar-refractivity contribution is 0.0482. The van der Waals surface area contributed by atoms with Crippen molar-refractivity contribution >= 4 is 11.9 Å². The van der Waals surface area contributed by atoms with Crippen LogP contribution in [-0.4, -0.2) is 52.6 Å². The van der Waals surface area contributed by atoms with E-state index in [0.717, 1.165) is 0 Å². The zero-order valence-electron chi connectivity index (χ0n) is 16.5. The Hall–Kier alpha value is -3.07. The van der Waals surface area contributed by atoms with Gasteiger partial charge in [0.25, 0.3) is 0 Å². The molecule has 0 aliphatic heterocycles. The van der Waals surface area contributed by atoms with Gasteiger partial charge in [-0.05, 0) is 42.5 Å². The topological polar surface area (TPSA) is 92.7 Å². The van der Waals surface area contributed by atoms with E-state index in [1.807, 2.05) is 0 Å². The van der Waals surface area contributed by atoms with Crippen LogP contribution in [0.4, 0.5) is 0 Å². The second-order valence-electron chi connectivity index (χ2n) is 5.73. The molecule has 0 atom stereocenters. The third-order valence-corrected chi connectivity index (χ3v) is 3.65. The van der Waals surface area contributed by atoms with Crippen LogP contribution in [0.1, 0.15) is 15.9 Å². The number of aromatic hydroxyl groups is 1. The molecular formula is C21H24O8. The van der Waals surface area contributed by atoms with E-state index in [0.29, 0.717) is 22.8 Å². The standard InChI is InChI=1S/C21H24O8/c1-24-12-27-16-6-9-21(29-14-26-3)15(10-16)4-8-19(22)18-7-5-17(11-20(18)23)28-13-25-2/h4-11,23H,12-14H2,1-3H3/b8-4+. The van der Waals surface area contributed by atoms with Crippen molar-refractivity contribution in [3.8, 4) is 23.0 Å². The van der Waals surface area contributed by atoms with E-state index in [1.54, 1.807) is 30.3 Å². The Kier molecular flexibility index (Phi) is 8.97. The van der Waals surface area contributed by atoms with E-state index in [9.17, 15) is 9.90 Å². The fraction of sp³-hybridized carbons (Fsp3) is 0.286. The van der Waals surface area contributed by atoms with E-state index in [-0.39, 0.29) is 37.5 Å². The molecule has 0 bridgehead atoms. The average Bonchev–Trinajstić information content (AvgIpc) is 2.73. The molecule has 0 fully saturated rings. The maximum absolute atomic E-state index is 12.5. The summed E-state index contributed by atoms with van der Waals surface area (Å²) in [6.45, 7) is 0.181. The predicted molar refractivity (Wildman–Crippen MR) is 105 cm³/mol. The van der Waals surface area contributed by atoms with Gasteiger partial charge in [0, 0.05) is 33.0 Å². The Labute approximate surface area is 169 Å². The molecule has 0 unspecified atom stereocenters. The minimum absolute atomic E-state index is 0.0400. The highest BCUT2D eigenvalue weighted by Crippen LogP contribution is 2.28. The van der Waals surface area contributed by atoms with Gasteiger partial charge in [-0.3, -0.25) is 4.79 Å². The summed E-state index contributed by atoms with van der Waals surface area (Å²) in [5.74, 6) is 0.866. The summed E-state index contributed by atoms with van der Waals surface area (Å²) in [5, 5.41) is 10.1. The second-order valence-corrected chi connectivity index (χ2v) is 5.73. The minimum Gasteiger partial charge on any atom is -0.507 e. The van der Waals surface area contributed by atoms with Crippen molar-refractivity contribution in [3.63, 3.8) is 0 Å². The van der Waals surface area contributed by atoms with Gasteiger partial charge in [-0.25, -0.2) is 0 Å². The summed E-state index contributed by atoms with van der Waals surface area (Å²) in [6, 6.07) is 9.53. The quantitative estimate of drug-likeness (QED) is 0.327. The molecule has 0 amide bonds.